The molecule has 1 aromatic heterocycles. The second-order valence-corrected chi connectivity index (χ2v) is 4.41. The fourth-order valence-electron chi connectivity index (χ4n) is 1.61. The largest absolute Gasteiger partial charge is 0.382 e. The molecule has 6 nitrogen and oxygen atoms in total. The van der Waals surface area contributed by atoms with Gasteiger partial charge in [-0.05, 0) is 18.9 Å². The minimum absolute atomic E-state index is 0.0625. The summed E-state index contributed by atoms with van der Waals surface area (Å²) in [5.74, 6) is 0.497. The maximum absolute atomic E-state index is 11.4. The van der Waals surface area contributed by atoms with Gasteiger partial charge in [0, 0.05) is 13.0 Å². The standard InChI is InChI=1S/C12H19N3O3/c1-17-4-5-18-8-12(16)13-7-10-6-11(15-14-10)9-2-3-9/h6,9H,2-5,7-8H2,1H3,(H,13,16)(H,14,15). The topological polar surface area (TPSA) is 76.2 Å². The smallest absolute Gasteiger partial charge is 0.246 e. The van der Waals surface area contributed by atoms with Crippen LogP contribution in [0.2, 0.25) is 0 Å². The third-order valence-corrected chi connectivity index (χ3v) is 2.79. The van der Waals surface area contributed by atoms with E-state index in [1.165, 1.54) is 12.8 Å². The zero-order valence-electron chi connectivity index (χ0n) is 10.6. The lowest BCUT2D eigenvalue weighted by Crippen LogP contribution is -2.27. The Morgan fingerprint density at radius 1 is 1.56 bits per heavy atom. The summed E-state index contributed by atoms with van der Waals surface area (Å²) < 4.78 is 9.93. The lowest BCUT2D eigenvalue weighted by molar-refractivity contribution is -0.126. The Hall–Kier alpha value is -1.40. The van der Waals surface area contributed by atoms with Crippen LogP contribution in [0, 0.1) is 0 Å². The lowest BCUT2D eigenvalue weighted by Gasteiger charge is -2.04. The van der Waals surface area contributed by atoms with Gasteiger partial charge in [0.1, 0.15) is 6.61 Å². The zero-order chi connectivity index (χ0) is 12.8. The van der Waals surface area contributed by atoms with Crippen molar-refractivity contribution < 1.29 is 14.3 Å². The van der Waals surface area contributed by atoms with E-state index in [-0.39, 0.29) is 12.5 Å². The predicted molar refractivity (Wildman–Crippen MR) is 65.1 cm³/mol. The van der Waals surface area contributed by atoms with Crippen LogP contribution in [0.25, 0.3) is 0 Å². The highest BCUT2D eigenvalue weighted by Crippen LogP contribution is 2.38. The fraction of sp³-hybridized carbons (Fsp3) is 0.667. The van der Waals surface area contributed by atoms with E-state index in [1.54, 1.807) is 7.11 Å². The molecule has 0 aromatic carbocycles. The van der Waals surface area contributed by atoms with Crippen LogP contribution >= 0.6 is 0 Å². The van der Waals surface area contributed by atoms with Gasteiger partial charge in [0.15, 0.2) is 0 Å². The summed E-state index contributed by atoms with van der Waals surface area (Å²) in [6.45, 7) is 1.46. The molecule has 1 aliphatic rings. The van der Waals surface area contributed by atoms with Crippen molar-refractivity contribution in [2.45, 2.75) is 25.3 Å². The van der Waals surface area contributed by atoms with E-state index < -0.39 is 0 Å². The predicted octanol–water partition coefficient (Wildman–Crippen LogP) is 0.566. The van der Waals surface area contributed by atoms with Crippen LogP contribution < -0.4 is 5.32 Å². The first kappa shape index (κ1) is 13.0. The van der Waals surface area contributed by atoms with E-state index in [1.807, 2.05) is 6.07 Å². The molecule has 0 radical (unpaired) electrons. The number of H-pyrrole nitrogens is 1. The van der Waals surface area contributed by atoms with Gasteiger partial charge in [0.2, 0.25) is 5.91 Å². The number of carbonyl (C=O) groups is 1. The van der Waals surface area contributed by atoms with E-state index in [9.17, 15) is 4.79 Å². The van der Waals surface area contributed by atoms with Crippen LogP contribution in [0.3, 0.4) is 0 Å². The number of aromatic nitrogens is 2. The summed E-state index contributed by atoms with van der Waals surface area (Å²) in [5.41, 5.74) is 2.04. The summed E-state index contributed by atoms with van der Waals surface area (Å²) in [7, 11) is 1.60. The molecule has 1 heterocycles. The molecule has 0 bridgehead atoms. The molecular formula is C12H19N3O3. The molecule has 2 N–H and O–H groups in total. The number of amides is 1. The van der Waals surface area contributed by atoms with E-state index in [2.05, 4.69) is 15.5 Å². The van der Waals surface area contributed by atoms with Crippen LogP contribution in [0.4, 0.5) is 0 Å². The van der Waals surface area contributed by atoms with Gasteiger partial charge < -0.3 is 14.8 Å². The van der Waals surface area contributed by atoms with Crippen molar-refractivity contribution in [1.29, 1.82) is 0 Å². The Morgan fingerprint density at radius 2 is 2.39 bits per heavy atom. The monoisotopic (exact) mass is 253 g/mol. The number of nitrogens with zero attached hydrogens (tertiary/aromatic N) is 1. The lowest BCUT2D eigenvalue weighted by atomic mass is 10.2. The third-order valence-electron chi connectivity index (χ3n) is 2.79. The Kier molecular flexibility index (Phi) is 4.72. The second-order valence-electron chi connectivity index (χ2n) is 4.41. The third kappa shape index (κ3) is 4.12. The van der Waals surface area contributed by atoms with Gasteiger partial charge in [0.05, 0.1) is 31.1 Å². The van der Waals surface area contributed by atoms with Gasteiger partial charge in [-0.15, -0.1) is 0 Å². The Balaban J connectivity index is 1.62. The first-order chi connectivity index (χ1) is 8.79. The minimum atomic E-state index is -0.131. The average molecular weight is 253 g/mol. The van der Waals surface area contributed by atoms with Crippen LogP contribution in [-0.4, -0.2) is 43.0 Å². The molecule has 1 saturated carbocycles. The van der Waals surface area contributed by atoms with E-state index in [0.29, 0.717) is 25.7 Å². The molecule has 0 spiro atoms. The zero-order valence-corrected chi connectivity index (χ0v) is 10.6. The molecule has 0 saturated heterocycles. The van der Waals surface area contributed by atoms with Crippen molar-refractivity contribution in [3.8, 4) is 0 Å². The summed E-state index contributed by atoms with van der Waals surface area (Å²) in [6.07, 6.45) is 2.45. The molecule has 0 unspecified atom stereocenters. The van der Waals surface area contributed by atoms with Gasteiger partial charge in [-0.3, -0.25) is 9.89 Å². The number of hydrogen-bond donors (Lipinski definition) is 2. The molecule has 100 valence electrons. The molecule has 2 rings (SSSR count). The van der Waals surface area contributed by atoms with Crippen molar-refractivity contribution in [3.05, 3.63) is 17.5 Å². The number of nitrogens with one attached hydrogen (secondary N) is 2. The Morgan fingerprint density at radius 3 is 3.11 bits per heavy atom. The molecule has 18 heavy (non-hydrogen) atoms. The summed E-state index contributed by atoms with van der Waals surface area (Å²) in [5, 5.41) is 9.92. The van der Waals surface area contributed by atoms with Gasteiger partial charge in [-0.1, -0.05) is 0 Å². The maximum Gasteiger partial charge on any atom is 0.246 e. The fourth-order valence-corrected chi connectivity index (χ4v) is 1.61. The van der Waals surface area contributed by atoms with Crippen LogP contribution in [-0.2, 0) is 20.8 Å². The first-order valence-corrected chi connectivity index (χ1v) is 6.17. The molecule has 0 atom stereocenters. The summed E-state index contributed by atoms with van der Waals surface area (Å²) in [6, 6.07) is 2.02. The van der Waals surface area contributed by atoms with Gasteiger partial charge in [-0.25, -0.2) is 0 Å². The average Bonchev–Trinajstić information content (AvgIpc) is 3.12. The van der Waals surface area contributed by atoms with E-state index >= 15 is 0 Å². The van der Waals surface area contributed by atoms with Gasteiger partial charge in [-0.2, -0.15) is 5.10 Å². The number of methoxy groups -OCH3 is 1. The van der Waals surface area contributed by atoms with Gasteiger partial charge >= 0.3 is 0 Å². The highest BCUT2D eigenvalue weighted by atomic mass is 16.5. The number of hydrogen-bond acceptors (Lipinski definition) is 4. The molecule has 1 aliphatic carbocycles. The number of carbonyl (C=O) groups excluding carboxylic acids is 1. The Labute approximate surface area is 106 Å². The quantitative estimate of drug-likeness (QED) is 0.664. The summed E-state index contributed by atoms with van der Waals surface area (Å²) >= 11 is 0. The highest BCUT2D eigenvalue weighted by Gasteiger charge is 2.25. The van der Waals surface area contributed by atoms with Crippen LogP contribution in [0.5, 0.6) is 0 Å². The highest BCUT2D eigenvalue weighted by molar-refractivity contribution is 5.77. The van der Waals surface area contributed by atoms with Crippen molar-refractivity contribution in [2.24, 2.45) is 0 Å². The minimum Gasteiger partial charge on any atom is -0.382 e. The van der Waals surface area contributed by atoms with Crippen molar-refractivity contribution in [3.63, 3.8) is 0 Å². The number of ether oxygens (including phenoxy) is 2. The molecule has 1 aromatic rings. The molecular weight excluding hydrogens is 234 g/mol. The SMILES string of the molecule is COCCOCC(=O)NCc1cc(C2CC2)n[nH]1. The second kappa shape index (κ2) is 6.51. The van der Waals surface area contributed by atoms with E-state index in [4.69, 9.17) is 9.47 Å². The normalized spacial score (nSPS) is 14.7. The maximum atomic E-state index is 11.4. The number of rotatable bonds is 8. The Bertz CT molecular complexity index is 388. The van der Waals surface area contributed by atoms with Crippen molar-refractivity contribution >= 4 is 5.91 Å². The van der Waals surface area contributed by atoms with Crippen molar-refractivity contribution in [1.82, 2.24) is 15.5 Å². The number of aromatic amines is 1. The molecule has 1 fully saturated rings. The molecule has 0 aliphatic heterocycles. The van der Waals surface area contributed by atoms with Gasteiger partial charge in [0.25, 0.3) is 0 Å². The van der Waals surface area contributed by atoms with Crippen LogP contribution in [0.15, 0.2) is 6.07 Å². The van der Waals surface area contributed by atoms with E-state index in [0.717, 1.165) is 11.4 Å². The molecule has 6 heteroatoms. The van der Waals surface area contributed by atoms with Crippen LogP contribution in [0.1, 0.15) is 30.1 Å². The van der Waals surface area contributed by atoms with Crippen molar-refractivity contribution in [2.75, 3.05) is 26.9 Å². The molecule has 1 amide bonds. The first-order valence-electron chi connectivity index (χ1n) is 6.17. The summed E-state index contributed by atoms with van der Waals surface area (Å²) in [4.78, 5) is 11.4.